The highest BCUT2D eigenvalue weighted by Crippen LogP contribution is 2.61. The van der Waals surface area contributed by atoms with Gasteiger partial charge in [-0.25, -0.2) is 0 Å². The predicted molar refractivity (Wildman–Crippen MR) is 98.9 cm³/mol. The van der Waals surface area contributed by atoms with Crippen LogP contribution in [-0.2, 0) is 4.79 Å². The van der Waals surface area contributed by atoms with E-state index in [0.717, 1.165) is 43.1 Å². The number of nitrogens with zero attached hydrogens (tertiary/aromatic N) is 1. The summed E-state index contributed by atoms with van der Waals surface area (Å²) in [5.41, 5.74) is 4.85. The Morgan fingerprint density at radius 3 is 2.22 bits per heavy atom. The first-order chi connectivity index (χ1) is 12.8. The van der Waals surface area contributed by atoms with Crippen LogP contribution in [0.1, 0.15) is 55.3 Å². The Kier molecular flexibility index (Phi) is 4.58. The summed E-state index contributed by atoms with van der Waals surface area (Å²) < 4.78 is 0. The second-order valence-corrected chi connectivity index (χ2v) is 8.93. The van der Waals surface area contributed by atoms with Crippen LogP contribution in [0, 0.1) is 33.3 Å². The van der Waals surface area contributed by atoms with E-state index in [1.807, 2.05) is 0 Å². The molecule has 4 fully saturated rings. The van der Waals surface area contributed by atoms with Gasteiger partial charge in [0.1, 0.15) is 0 Å². The number of halogens is 1. The molecule has 0 aromatic heterocycles. The van der Waals surface area contributed by atoms with Gasteiger partial charge >= 0.3 is 0 Å². The second kappa shape index (κ2) is 6.78. The van der Waals surface area contributed by atoms with Gasteiger partial charge in [0.25, 0.3) is 11.6 Å². The van der Waals surface area contributed by atoms with Gasteiger partial charge < -0.3 is 0 Å². The highest BCUT2D eigenvalue weighted by molar-refractivity contribution is 6.34. The van der Waals surface area contributed by atoms with Gasteiger partial charge in [0, 0.05) is 18.6 Å². The number of nitro benzene ring substituents is 1. The van der Waals surface area contributed by atoms with E-state index in [-0.39, 0.29) is 27.6 Å². The molecule has 0 atom stereocenters. The van der Waals surface area contributed by atoms with Crippen molar-refractivity contribution in [1.29, 1.82) is 0 Å². The molecule has 27 heavy (non-hydrogen) atoms. The molecule has 8 heteroatoms. The van der Waals surface area contributed by atoms with Crippen molar-refractivity contribution in [3.05, 3.63) is 38.9 Å². The Balaban J connectivity index is 1.34. The van der Waals surface area contributed by atoms with E-state index in [9.17, 15) is 19.7 Å². The lowest BCUT2D eigenvalue weighted by atomic mass is 9.49. The first-order valence-corrected chi connectivity index (χ1v) is 9.74. The molecule has 7 nitrogen and oxygen atoms in total. The Morgan fingerprint density at radius 2 is 1.70 bits per heavy atom. The lowest BCUT2D eigenvalue weighted by Gasteiger charge is -2.56. The maximum absolute atomic E-state index is 12.4. The highest BCUT2D eigenvalue weighted by atomic mass is 35.5. The van der Waals surface area contributed by atoms with E-state index in [1.165, 1.54) is 31.4 Å². The van der Waals surface area contributed by atoms with Crippen molar-refractivity contribution in [3.63, 3.8) is 0 Å². The Hall–Kier alpha value is -2.15. The molecule has 2 amide bonds. The van der Waals surface area contributed by atoms with E-state index < -0.39 is 10.8 Å². The van der Waals surface area contributed by atoms with Crippen LogP contribution < -0.4 is 10.9 Å². The van der Waals surface area contributed by atoms with Gasteiger partial charge in [-0.05, 0) is 67.8 Å². The van der Waals surface area contributed by atoms with E-state index in [0.29, 0.717) is 6.42 Å². The molecule has 5 rings (SSSR count). The van der Waals surface area contributed by atoms with Gasteiger partial charge in [0.2, 0.25) is 5.91 Å². The molecule has 0 unspecified atom stereocenters. The summed E-state index contributed by atoms with van der Waals surface area (Å²) in [5.74, 6) is 1.50. The molecule has 0 aliphatic heterocycles. The van der Waals surface area contributed by atoms with Crippen LogP contribution in [0.5, 0.6) is 0 Å². The van der Waals surface area contributed by atoms with Gasteiger partial charge in [0.05, 0.1) is 15.5 Å². The smallest absolute Gasteiger partial charge is 0.271 e. The number of hydrogen-bond donors (Lipinski definition) is 2. The van der Waals surface area contributed by atoms with E-state index in [4.69, 9.17) is 11.6 Å². The first kappa shape index (κ1) is 18.2. The topological polar surface area (TPSA) is 101 Å². The van der Waals surface area contributed by atoms with E-state index >= 15 is 0 Å². The van der Waals surface area contributed by atoms with Crippen molar-refractivity contribution < 1.29 is 14.5 Å². The summed E-state index contributed by atoms with van der Waals surface area (Å²) in [7, 11) is 0. The third-order valence-corrected chi connectivity index (χ3v) is 6.74. The molecule has 0 heterocycles. The minimum Gasteiger partial charge on any atom is -0.273 e. The average molecular weight is 392 g/mol. The number of hydrogen-bond acceptors (Lipinski definition) is 4. The van der Waals surface area contributed by atoms with Gasteiger partial charge in [0.15, 0.2) is 0 Å². The number of hydrazine groups is 1. The lowest BCUT2D eigenvalue weighted by molar-refractivity contribution is -0.384. The molecule has 1 aromatic rings. The molecule has 4 aliphatic carbocycles. The zero-order valence-electron chi connectivity index (χ0n) is 14.9. The number of benzene rings is 1. The zero-order valence-corrected chi connectivity index (χ0v) is 15.6. The maximum atomic E-state index is 12.4. The minimum absolute atomic E-state index is 0.0305. The third-order valence-electron chi connectivity index (χ3n) is 6.42. The summed E-state index contributed by atoms with van der Waals surface area (Å²) in [6.45, 7) is 0. The minimum atomic E-state index is -0.589. The fourth-order valence-electron chi connectivity index (χ4n) is 5.89. The van der Waals surface area contributed by atoms with Crippen molar-refractivity contribution in [1.82, 2.24) is 10.9 Å². The molecule has 0 spiro atoms. The summed E-state index contributed by atoms with van der Waals surface area (Å²) in [6.07, 6.45) is 7.74. The van der Waals surface area contributed by atoms with Crippen LogP contribution >= 0.6 is 11.6 Å². The summed E-state index contributed by atoms with van der Waals surface area (Å²) in [5, 5.41) is 10.7. The highest BCUT2D eigenvalue weighted by Gasteiger charge is 2.51. The van der Waals surface area contributed by atoms with Gasteiger partial charge in [-0.3, -0.25) is 30.6 Å². The molecule has 0 radical (unpaired) electrons. The van der Waals surface area contributed by atoms with E-state index in [1.54, 1.807) is 0 Å². The number of carbonyl (C=O) groups excluding carboxylic acids is 2. The zero-order chi connectivity index (χ0) is 19.2. The molecule has 4 aliphatic rings. The largest absolute Gasteiger partial charge is 0.273 e. The van der Waals surface area contributed by atoms with Crippen LogP contribution in [-0.4, -0.2) is 16.7 Å². The summed E-state index contributed by atoms with van der Waals surface area (Å²) in [6, 6.07) is 3.60. The van der Waals surface area contributed by atoms with Crippen LogP contribution in [0.3, 0.4) is 0 Å². The number of carbonyl (C=O) groups is 2. The van der Waals surface area contributed by atoms with Crippen molar-refractivity contribution in [2.45, 2.75) is 44.9 Å². The SMILES string of the molecule is O=C(CC12CC3CC(CC(C3)C1)C2)NNC(=O)c1ccc([N+](=O)[O-])cc1Cl. The number of non-ortho nitro benzene ring substituents is 1. The van der Waals surface area contributed by atoms with Crippen molar-refractivity contribution in [2.75, 3.05) is 0 Å². The fourth-order valence-corrected chi connectivity index (χ4v) is 6.15. The average Bonchev–Trinajstić information content (AvgIpc) is 2.57. The first-order valence-electron chi connectivity index (χ1n) is 9.37. The second-order valence-electron chi connectivity index (χ2n) is 8.52. The van der Waals surface area contributed by atoms with Crippen molar-refractivity contribution >= 4 is 29.1 Å². The number of nitro groups is 1. The number of rotatable bonds is 4. The Bertz CT molecular complexity index is 775. The summed E-state index contributed by atoms with van der Waals surface area (Å²) >= 11 is 5.95. The molecule has 0 saturated heterocycles. The number of amides is 2. The van der Waals surface area contributed by atoms with Crippen LogP contribution in [0.15, 0.2) is 18.2 Å². The van der Waals surface area contributed by atoms with Crippen molar-refractivity contribution in [3.8, 4) is 0 Å². The molecule has 2 N–H and O–H groups in total. The normalized spacial score (nSPS) is 30.8. The quantitative estimate of drug-likeness (QED) is 0.604. The lowest BCUT2D eigenvalue weighted by Crippen LogP contribution is -2.50. The maximum Gasteiger partial charge on any atom is 0.271 e. The van der Waals surface area contributed by atoms with Gasteiger partial charge in [-0.15, -0.1) is 0 Å². The molecule has 4 bridgehead atoms. The molecule has 1 aromatic carbocycles. The Labute approximate surface area is 162 Å². The predicted octanol–water partition coefficient (Wildman–Crippen LogP) is 3.62. The van der Waals surface area contributed by atoms with Crippen LogP contribution in [0.25, 0.3) is 0 Å². The van der Waals surface area contributed by atoms with Crippen molar-refractivity contribution in [2.24, 2.45) is 23.2 Å². The fraction of sp³-hybridized carbons (Fsp3) is 0.579. The summed E-state index contributed by atoms with van der Waals surface area (Å²) in [4.78, 5) is 34.8. The van der Waals surface area contributed by atoms with Crippen LogP contribution in [0.2, 0.25) is 5.02 Å². The standard InChI is InChI=1S/C19H22ClN3O4/c20-16-6-14(23(26)27)1-2-15(16)18(25)22-21-17(24)10-19-7-11-3-12(8-19)5-13(4-11)9-19/h1-2,6,11-13H,3-5,7-10H2,(H,21,24)(H,22,25). The Morgan fingerprint density at radius 1 is 1.11 bits per heavy atom. The van der Waals surface area contributed by atoms with Crippen LogP contribution in [0.4, 0.5) is 5.69 Å². The molecular weight excluding hydrogens is 370 g/mol. The molecular formula is C19H22ClN3O4. The molecule has 144 valence electrons. The third kappa shape index (κ3) is 3.65. The van der Waals surface area contributed by atoms with Gasteiger partial charge in [-0.2, -0.15) is 0 Å². The van der Waals surface area contributed by atoms with Gasteiger partial charge in [-0.1, -0.05) is 11.6 Å². The number of nitrogens with one attached hydrogen (secondary N) is 2. The van der Waals surface area contributed by atoms with E-state index in [2.05, 4.69) is 10.9 Å². The molecule has 4 saturated carbocycles. The monoisotopic (exact) mass is 391 g/mol.